The van der Waals surface area contributed by atoms with Crippen LogP contribution in [0.2, 0.25) is 0 Å². The third-order valence-electron chi connectivity index (χ3n) is 4.67. The molecule has 4 nitrogen and oxygen atoms in total. The predicted octanol–water partition coefficient (Wildman–Crippen LogP) is 5.39. The summed E-state index contributed by atoms with van der Waals surface area (Å²) in [5.74, 6) is 0. The predicted molar refractivity (Wildman–Crippen MR) is 109 cm³/mol. The first kappa shape index (κ1) is 20.0. The summed E-state index contributed by atoms with van der Waals surface area (Å²) in [6.45, 7) is 0. The Bertz CT molecular complexity index is 1330. The van der Waals surface area contributed by atoms with Crippen LogP contribution in [0.15, 0.2) is 77.8 Å². The molecule has 0 radical (unpaired) electrons. The molecular formula is C22H15F3N2O2S. The van der Waals surface area contributed by atoms with Crippen molar-refractivity contribution in [2.24, 2.45) is 0 Å². The van der Waals surface area contributed by atoms with Crippen LogP contribution in [0.4, 0.5) is 13.2 Å². The van der Waals surface area contributed by atoms with Gasteiger partial charge in [-0.25, -0.2) is 13.4 Å². The highest BCUT2D eigenvalue weighted by Crippen LogP contribution is 2.34. The smallest absolute Gasteiger partial charge is 0.252 e. The van der Waals surface area contributed by atoms with E-state index >= 15 is 0 Å². The van der Waals surface area contributed by atoms with Gasteiger partial charge < -0.3 is 0 Å². The van der Waals surface area contributed by atoms with E-state index in [-0.39, 0.29) is 15.9 Å². The first-order chi connectivity index (χ1) is 14.1. The first-order valence-electron chi connectivity index (χ1n) is 8.87. The van der Waals surface area contributed by atoms with Gasteiger partial charge in [0.1, 0.15) is 5.52 Å². The number of aromatic nitrogens is 2. The lowest BCUT2D eigenvalue weighted by atomic mass is 10.0. The summed E-state index contributed by atoms with van der Waals surface area (Å²) in [6.07, 6.45) is -1.93. The van der Waals surface area contributed by atoms with Gasteiger partial charge in [-0.3, -0.25) is 4.98 Å². The molecule has 3 aromatic carbocycles. The number of hydrogen-bond acceptors (Lipinski definition) is 4. The summed E-state index contributed by atoms with van der Waals surface area (Å²) in [5, 5.41) is 0. The van der Waals surface area contributed by atoms with Crippen LogP contribution in [0, 0.1) is 0 Å². The normalized spacial score (nSPS) is 12.3. The van der Waals surface area contributed by atoms with Crippen LogP contribution >= 0.6 is 0 Å². The Kier molecular flexibility index (Phi) is 4.82. The SMILES string of the molecule is CS(=O)(=O)c1ccc(-c2ccc(-c3cnc4cccc(C(F)(F)F)c4n3)cc2)cc1. The molecule has 1 aromatic heterocycles. The molecule has 0 aliphatic heterocycles. The molecule has 4 rings (SSSR count). The number of fused-ring (bicyclic) bond motifs is 1. The van der Waals surface area contributed by atoms with Crippen LogP contribution in [-0.4, -0.2) is 24.6 Å². The molecule has 152 valence electrons. The van der Waals surface area contributed by atoms with Gasteiger partial charge in [0.05, 0.1) is 27.9 Å². The summed E-state index contributed by atoms with van der Waals surface area (Å²) < 4.78 is 63.0. The Morgan fingerprint density at radius 3 is 1.93 bits per heavy atom. The van der Waals surface area contributed by atoms with Crippen molar-refractivity contribution >= 4 is 20.9 Å². The largest absolute Gasteiger partial charge is 0.418 e. The second kappa shape index (κ2) is 7.21. The molecule has 1 heterocycles. The zero-order chi connectivity index (χ0) is 21.5. The Morgan fingerprint density at radius 1 is 0.800 bits per heavy atom. The fraction of sp³-hybridized carbons (Fsp3) is 0.0909. The van der Waals surface area contributed by atoms with Crippen molar-refractivity contribution in [3.05, 3.63) is 78.5 Å². The van der Waals surface area contributed by atoms with Crippen molar-refractivity contribution in [1.29, 1.82) is 0 Å². The summed E-state index contributed by atoms with van der Waals surface area (Å²) in [5.41, 5.74) is 1.77. The Hall–Kier alpha value is -3.26. The average molecular weight is 428 g/mol. The fourth-order valence-electron chi connectivity index (χ4n) is 3.13. The molecule has 30 heavy (non-hydrogen) atoms. The summed E-state index contributed by atoms with van der Waals surface area (Å²) in [7, 11) is -3.27. The minimum atomic E-state index is -4.52. The topological polar surface area (TPSA) is 59.9 Å². The van der Waals surface area contributed by atoms with Crippen molar-refractivity contribution in [2.75, 3.05) is 6.26 Å². The van der Waals surface area contributed by atoms with Gasteiger partial charge >= 0.3 is 6.18 Å². The fourth-order valence-corrected chi connectivity index (χ4v) is 3.76. The molecule has 4 aromatic rings. The molecule has 0 N–H and O–H groups in total. The van der Waals surface area contributed by atoms with Gasteiger partial charge in [0, 0.05) is 11.8 Å². The summed E-state index contributed by atoms with van der Waals surface area (Å²) in [4.78, 5) is 8.56. The van der Waals surface area contributed by atoms with Crippen LogP contribution in [-0.2, 0) is 16.0 Å². The molecule has 0 fully saturated rings. The summed E-state index contributed by atoms with van der Waals surface area (Å²) >= 11 is 0. The maximum absolute atomic E-state index is 13.3. The molecule has 0 amide bonds. The van der Waals surface area contributed by atoms with Crippen LogP contribution < -0.4 is 0 Å². The van der Waals surface area contributed by atoms with E-state index < -0.39 is 21.6 Å². The number of rotatable bonds is 3. The zero-order valence-corrected chi connectivity index (χ0v) is 16.5. The van der Waals surface area contributed by atoms with E-state index in [0.717, 1.165) is 23.4 Å². The average Bonchev–Trinajstić information content (AvgIpc) is 2.72. The maximum atomic E-state index is 13.3. The van der Waals surface area contributed by atoms with Crippen molar-refractivity contribution in [2.45, 2.75) is 11.1 Å². The lowest BCUT2D eigenvalue weighted by Gasteiger charge is -2.10. The quantitative estimate of drug-likeness (QED) is 0.439. The van der Waals surface area contributed by atoms with Gasteiger partial charge in [0.15, 0.2) is 9.84 Å². The lowest BCUT2D eigenvalue weighted by molar-refractivity contribution is -0.136. The number of para-hydroxylation sites is 1. The third-order valence-corrected chi connectivity index (χ3v) is 5.80. The Morgan fingerprint density at radius 2 is 1.37 bits per heavy atom. The molecule has 0 saturated carbocycles. The third kappa shape index (κ3) is 3.91. The van der Waals surface area contributed by atoms with Crippen molar-refractivity contribution < 1.29 is 21.6 Å². The van der Waals surface area contributed by atoms with Gasteiger partial charge in [-0.05, 0) is 35.4 Å². The molecule has 0 aliphatic carbocycles. The van der Waals surface area contributed by atoms with Gasteiger partial charge in [-0.1, -0.05) is 42.5 Å². The van der Waals surface area contributed by atoms with Gasteiger partial charge in [-0.15, -0.1) is 0 Å². The number of alkyl halides is 3. The van der Waals surface area contributed by atoms with E-state index in [1.165, 1.54) is 30.5 Å². The number of hydrogen-bond donors (Lipinski definition) is 0. The summed E-state index contributed by atoms with van der Waals surface area (Å²) in [6, 6.07) is 17.3. The lowest BCUT2D eigenvalue weighted by Crippen LogP contribution is -2.07. The minimum absolute atomic E-state index is 0.177. The zero-order valence-electron chi connectivity index (χ0n) is 15.7. The second-order valence-electron chi connectivity index (χ2n) is 6.80. The number of nitrogens with zero attached hydrogens (tertiary/aromatic N) is 2. The second-order valence-corrected chi connectivity index (χ2v) is 8.82. The molecule has 8 heteroatoms. The van der Waals surface area contributed by atoms with Crippen LogP contribution in [0.1, 0.15) is 5.56 Å². The van der Waals surface area contributed by atoms with E-state index in [9.17, 15) is 21.6 Å². The highest BCUT2D eigenvalue weighted by atomic mass is 32.2. The van der Waals surface area contributed by atoms with E-state index in [2.05, 4.69) is 9.97 Å². The standard InChI is InChI=1S/C22H15F3N2O2S/c1-30(28,29)17-11-9-15(10-12-17)14-5-7-16(8-6-14)20-13-26-19-4-2-3-18(21(19)27-20)22(23,24)25/h2-13H,1H3. The van der Waals surface area contributed by atoms with Gasteiger partial charge in [-0.2, -0.15) is 13.2 Å². The van der Waals surface area contributed by atoms with Gasteiger partial charge in [0.25, 0.3) is 0 Å². The molecule has 0 unspecified atom stereocenters. The van der Waals surface area contributed by atoms with Crippen LogP contribution in [0.25, 0.3) is 33.4 Å². The molecule has 0 bridgehead atoms. The van der Waals surface area contributed by atoms with E-state index in [0.29, 0.717) is 11.3 Å². The first-order valence-corrected chi connectivity index (χ1v) is 10.8. The van der Waals surface area contributed by atoms with E-state index in [1.807, 2.05) is 0 Å². The molecule has 0 saturated heterocycles. The molecule has 0 aliphatic rings. The Balaban J connectivity index is 1.70. The number of benzene rings is 3. The maximum Gasteiger partial charge on any atom is 0.418 e. The van der Waals surface area contributed by atoms with Crippen molar-refractivity contribution in [1.82, 2.24) is 9.97 Å². The Labute approximate surface area is 171 Å². The van der Waals surface area contributed by atoms with Crippen molar-refractivity contribution in [3.63, 3.8) is 0 Å². The minimum Gasteiger partial charge on any atom is -0.252 e. The highest BCUT2D eigenvalue weighted by molar-refractivity contribution is 7.90. The van der Waals surface area contributed by atoms with E-state index in [4.69, 9.17) is 0 Å². The highest BCUT2D eigenvalue weighted by Gasteiger charge is 2.33. The number of sulfone groups is 1. The molecule has 0 spiro atoms. The van der Waals surface area contributed by atoms with Crippen molar-refractivity contribution in [3.8, 4) is 22.4 Å². The monoisotopic (exact) mass is 428 g/mol. The van der Waals surface area contributed by atoms with Gasteiger partial charge in [0.2, 0.25) is 0 Å². The van der Waals surface area contributed by atoms with E-state index in [1.54, 1.807) is 36.4 Å². The number of halogens is 3. The molecule has 0 atom stereocenters. The van der Waals surface area contributed by atoms with Crippen LogP contribution in [0.5, 0.6) is 0 Å². The molecular weight excluding hydrogens is 413 g/mol. The van der Waals surface area contributed by atoms with Crippen LogP contribution in [0.3, 0.4) is 0 Å².